The lowest BCUT2D eigenvalue weighted by Gasteiger charge is -1.98. The van der Waals surface area contributed by atoms with Crippen molar-refractivity contribution in [3.63, 3.8) is 0 Å². The van der Waals surface area contributed by atoms with Crippen LogP contribution in [0.25, 0.3) is 0 Å². The summed E-state index contributed by atoms with van der Waals surface area (Å²) in [4.78, 5) is 28.6. The van der Waals surface area contributed by atoms with E-state index in [4.69, 9.17) is 0 Å². The number of thiazole rings is 1. The standard InChI is InChI=1S/C11H12N6O2S/c1-17-5-7(15-16-17)9(18)14-11-13-6-3-2-4-12-10(19)8(6)20-11/h5H,2-4H2,1H3,(H,12,19)(H,13,14,18). The highest BCUT2D eigenvalue weighted by Gasteiger charge is 2.21. The van der Waals surface area contributed by atoms with Crippen LogP contribution in [0.3, 0.4) is 0 Å². The number of anilines is 1. The van der Waals surface area contributed by atoms with Crippen molar-refractivity contribution in [2.45, 2.75) is 12.8 Å². The van der Waals surface area contributed by atoms with E-state index in [9.17, 15) is 9.59 Å². The topological polar surface area (TPSA) is 102 Å². The van der Waals surface area contributed by atoms with Gasteiger partial charge in [-0.2, -0.15) is 0 Å². The minimum absolute atomic E-state index is 0.130. The summed E-state index contributed by atoms with van der Waals surface area (Å²) >= 11 is 1.18. The summed E-state index contributed by atoms with van der Waals surface area (Å²) in [5, 5.41) is 13.3. The van der Waals surface area contributed by atoms with Gasteiger partial charge < -0.3 is 5.32 Å². The molecule has 2 aromatic rings. The molecule has 0 aliphatic carbocycles. The van der Waals surface area contributed by atoms with Crippen molar-refractivity contribution in [1.29, 1.82) is 0 Å². The maximum absolute atomic E-state index is 11.9. The molecule has 0 radical (unpaired) electrons. The van der Waals surface area contributed by atoms with E-state index in [0.29, 0.717) is 16.6 Å². The maximum atomic E-state index is 11.9. The molecule has 1 aliphatic rings. The molecule has 0 bridgehead atoms. The van der Waals surface area contributed by atoms with E-state index in [1.165, 1.54) is 22.2 Å². The smallest absolute Gasteiger partial charge is 0.279 e. The van der Waals surface area contributed by atoms with Crippen LogP contribution >= 0.6 is 11.3 Å². The Morgan fingerprint density at radius 2 is 2.40 bits per heavy atom. The Labute approximate surface area is 118 Å². The van der Waals surface area contributed by atoms with Gasteiger partial charge in [0, 0.05) is 13.6 Å². The molecule has 0 unspecified atom stereocenters. The SMILES string of the molecule is Cn1cc(C(=O)Nc2nc3c(s2)C(=O)NCCC3)nn1. The first-order valence-corrected chi connectivity index (χ1v) is 6.91. The Morgan fingerprint density at radius 3 is 3.15 bits per heavy atom. The maximum Gasteiger partial charge on any atom is 0.279 e. The van der Waals surface area contributed by atoms with Crippen molar-refractivity contribution in [3.05, 3.63) is 22.5 Å². The Balaban J connectivity index is 1.80. The molecule has 0 saturated carbocycles. The summed E-state index contributed by atoms with van der Waals surface area (Å²) in [5.74, 6) is -0.516. The number of hydrogen-bond donors (Lipinski definition) is 2. The molecule has 2 N–H and O–H groups in total. The third-order valence-electron chi connectivity index (χ3n) is 2.84. The summed E-state index contributed by atoms with van der Waals surface area (Å²) in [5.41, 5.74) is 0.946. The molecule has 0 spiro atoms. The Hall–Kier alpha value is -2.29. The third-order valence-corrected chi connectivity index (χ3v) is 3.85. The highest BCUT2D eigenvalue weighted by Crippen LogP contribution is 2.25. The fourth-order valence-electron chi connectivity index (χ4n) is 1.90. The highest BCUT2D eigenvalue weighted by molar-refractivity contribution is 7.17. The van der Waals surface area contributed by atoms with Crippen LogP contribution in [0, 0.1) is 0 Å². The minimum Gasteiger partial charge on any atom is -0.351 e. The number of rotatable bonds is 2. The lowest BCUT2D eigenvalue weighted by molar-refractivity contribution is 0.0958. The van der Waals surface area contributed by atoms with E-state index >= 15 is 0 Å². The second-order valence-corrected chi connectivity index (χ2v) is 5.38. The molecule has 0 fully saturated rings. The van der Waals surface area contributed by atoms with Gasteiger partial charge in [-0.3, -0.25) is 19.6 Å². The van der Waals surface area contributed by atoms with E-state index in [0.717, 1.165) is 18.5 Å². The van der Waals surface area contributed by atoms with Gasteiger partial charge in [-0.25, -0.2) is 4.98 Å². The normalized spacial score (nSPS) is 14.3. The molecule has 2 aromatic heterocycles. The summed E-state index contributed by atoms with van der Waals surface area (Å²) in [7, 11) is 1.68. The van der Waals surface area contributed by atoms with Crippen molar-refractivity contribution in [2.24, 2.45) is 7.05 Å². The fourth-order valence-corrected chi connectivity index (χ4v) is 2.83. The lowest BCUT2D eigenvalue weighted by Crippen LogP contribution is -2.21. The lowest BCUT2D eigenvalue weighted by atomic mass is 10.2. The number of fused-ring (bicyclic) bond motifs is 1. The predicted octanol–water partition coefficient (Wildman–Crippen LogP) is 0.200. The molecular formula is C11H12N6O2S. The van der Waals surface area contributed by atoms with Crippen LogP contribution in [0.1, 0.15) is 32.3 Å². The second-order valence-electron chi connectivity index (χ2n) is 4.39. The Kier molecular flexibility index (Phi) is 3.18. The quantitative estimate of drug-likeness (QED) is 0.823. The number of carbonyl (C=O) groups is 2. The number of aryl methyl sites for hydroxylation is 2. The molecule has 0 atom stereocenters. The average Bonchev–Trinajstić information content (AvgIpc) is 2.97. The number of carbonyl (C=O) groups excluding carboxylic acids is 2. The minimum atomic E-state index is -0.387. The van der Waals surface area contributed by atoms with Crippen LogP contribution in [0.15, 0.2) is 6.20 Å². The zero-order valence-electron chi connectivity index (χ0n) is 10.7. The largest absolute Gasteiger partial charge is 0.351 e. The summed E-state index contributed by atoms with van der Waals surface area (Å²) in [6, 6.07) is 0. The summed E-state index contributed by atoms with van der Waals surface area (Å²) in [6.45, 7) is 0.656. The van der Waals surface area contributed by atoms with Crippen LogP contribution < -0.4 is 10.6 Å². The van der Waals surface area contributed by atoms with Gasteiger partial charge in [-0.05, 0) is 12.8 Å². The summed E-state index contributed by atoms with van der Waals surface area (Å²) < 4.78 is 1.44. The van der Waals surface area contributed by atoms with Gasteiger partial charge in [-0.15, -0.1) is 5.10 Å². The number of amides is 2. The number of nitrogens with zero attached hydrogens (tertiary/aromatic N) is 4. The molecule has 9 heteroatoms. The first kappa shape index (κ1) is 12.7. The van der Waals surface area contributed by atoms with Crippen molar-refractivity contribution < 1.29 is 9.59 Å². The number of hydrogen-bond acceptors (Lipinski definition) is 6. The van der Waals surface area contributed by atoms with Gasteiger partial charge in [0.1, 0.15) is 4.88 Å². The zero-order valence-corrected chi connectivity index (χ0v) is 11.5. The van der Waals surface area contributed by atoms with Crippen molar-refractivity contribution in [3.8, 4) is 0 Å². The van der Waals surface area contributed by atoms with Gasteiger partial charge in [-0.1, -0.05) is 16.6 Å². The Bertz CT molecular complexity index is 676. The first-order chi connectivity index (χ1) is 9.63. The van der Waals surface area contributed by atoms with Crippen molar-refractivity contribution in [2.75, 3.05) is 11.9 Å². The van der Waals surface area contributed by atoms with Crippen LogP contribution in [0.4, 0.5) is 5.13 Å². The van der Waals surface area contributed by atoms with E-state index in [1.807, 2.05) is 0 Å². The predicted molar refractivity (Wildman–Crippen MR) is 71.7 cm³/mol. The van der Waals surface area contributed by atoms with Crippen molar-refractivity contribution in [1.82, 2.24) is 25.3 Å². The van der Waals surface area contributed by atoms with Gasteiger partial charge in [0.2, 0.25) is 0 Å². The van der Waals surface area contributed by atoms with Crippen LogP contribution in [-0.4, -0.2) is 38.3 Å². The molecule has 0 aromatic carbocycles. The van der Waals surface area contributed by atoms with Crippen molar-refractivity contribution >= 4 is 28.3 Å². The Morgan fingerprint density at radius 1 is 1.55 bits per heavy atom. The molecule has 2 amide bonds. The molecule has 0 saturated heterocycles. The van der Waals surface area contributed by atoms with Crippen LogP contribution in [-0.2, 0) is 13.5 Å². The fraction of sp³-hybridized carbons (Fsp3) is 0.364. The monoisotopic (exact) mass is 292 g/mol. The van der Waals surface area contributed by atoms with Crippen LogP contribution in [0.5, 0.6) is 0 Å². The molecule has 104 valence electrons. The molecule has 8 nitrogen and oxygen atoms in total. The van der Waals surface area contributed by atoms with E-state index in [2.05, 4.69) is 25.9 Å². The van der Waals surface area contributed by atoms with Gasteiger partial charge in [0.05, 0.1) is 11.9 Å². The average molecular weight is 292 g/mol. The molecule has 20 heavy (non-hydrogen) atoms. The number of nitrogens with one attached hydrogen (secondary N) is 2. The van der Waals surface area contributed by atoms with E-state index in [1.54, 1.807) is 7.05 Å². The van der Waals surface area contributed by atoms with Gasteiger partial charge in [0.25, 0.3) is 11.8 Å². The number of aromatic nitrogens is 4. The van der Waals surface area contributed by atoms with Gasteiger partial charge >= 0.3 is 0 Å². The van der Waals surface area contributed by atoms with Crippen LogP contribution in [0.2, 0.25) is 0 Å². The molecule has 1 aliphatic heterocycles. The molecular weight excluding hydrogens is 280 g/mol. The zero-order chi connectivity index (χ0) is 14.1. The summed E-state index contributed by atoms with van der Waals surface area (Å²) in [6.07, 6.45) is 3.09. The van der Waals surface area contributed by atoms with Gasteiger partial charge in [0.15, 0.2) is 10.8 Å². The van der Waals surface area contributed by atoms with E-state index < -0.39 is 0 Å². The molecule has 3 heterocycles. The highest BCUT2D eigenvalue weighted by atomic mass is 32.1. The third kappa shape index (κ3) is 2.39. The second kappa shape index (κ2) is 5.00. The van der Waals surface area contributed by atoms with E-state index in [-0.39, 0.29) is 17.5 Å². The first-order valence-electron chi connectivity index (χ1n) is 6.09. The molecule has 3 rings (SSSR count).